The molecule has 4 aliphatic carbocycles. The van der Waals surface area contributed by atoms with Gasteiger partial charge in [-0.25, -0.2) is 0 Å². The van der Waals surface area contributed by atoms with Crippen LogP contribution in [0.1, 0.15) is 51.0 Å². The van der Waals surface area contributed by atoms with Crippen molar-refractivity contribution in [2.24, 2.45) is 34.1 Å². The van der Waals surface area contributed by atoms with Crippen LogP contribution in [-0.2, 0) is 11.3 Å². The molecule has 0 aromatic heterocycles. The van der Waals surface area contributed by atoms with Gasteiger partial charge in [0, 0.05) is 49.6 Å². The molecule has 32 heavy (non-hydrogen) atoms. The normalized spacial score (nSPS) is 35.6. The summed E-state index contributed by atoms with van der Waals surface area (Å²) in [5.74, 6) is 2.99. The van der Waals surface area contributed by atoms with Gasteiger partial charge in [0.25, 0.3) is 0 Å². The van der Waals surface area contributed by atoms with Gasteiger partial charge in [-0.1, -0.05) is 36.4 Å². The lowest BCUT2D eigenvalue weighted by Gasteiger charge is -2.57. The minimum atomic E-state index is 0.118. The van der Waals surface area contributed by atoms with Crippen LogP contribution in [0.5, 0.6) is 0 Å². The number of amides is 1. The predicted molar refractivity (Wildman–Crippen MR) is 128 cm³/mol. The van der Waals surface area contributed by atoms with Gasteiger partial charge in [-0.15, -0.1) is 0 Å². The first kappa shape index (κ1) is 20.4. The lowest BCUT2D eigenvalue weighted by molar-refractivity contribution is -0.120. The van der Waals surface area contributed by atoms with Crippen molar-refractivity contribution in [1.82, 2.24) is 10.2 Å². The standard InChI is InChI=1S/C28H35N3O/c1-19-26(27(32)30-18-28-12-21-9-22(13-28)11-23(10-21)14-28)25-17-31(8-7-24(25)15-29-19)16-20-5-3-2-4-6-20/h2-7,15,21-23,25H,8-14,16-18H2,1H3,(H,30,32). The van der Waals surface area contributed by atoms with Crippen LogP contribution in [0.4, 0.5) is 0 Å². The lowest BCUT2D eigenvalue weighted by atomic mass is 9.49. The molecule has 1 aromatic rings. The zero-order chi connectivity index (χ0) is 21.7. The summed E-state index contributed by atoms with van der Waals surface area (Å²) in [5, 5.41) is 3.42. The average molecular weight is 430 g/mol. The van der Waals surface area contributed by atoms with Crippen LogP contribution in [0, 0.1) is 29.1 Å². The number of hydrogen-bond acceptors (Lipinski definition) is 3. The van der Waals surface area contributed by atoms with E-state index in [4.69, 9.17) is 0 Å². The molecule has 4 saturated carbocycles. The van der Waals surface area contributed by atoms with E-state index in [2.05, 4.69) is 51.6 Å². The van der Waals surface area contributed by atoms with Crippen LogP contribution >= 0.6 is 0 Å². The second kappa shape index (κ2) is 7.98. The second-order valence-electron chi connectivity index (χ2n) is 11.3. The molecule has 2 heterocycles. The van der Waals surface area contributed by atoms with Crippen LogP contribution in [0.15, 0.2) is 58.2 Å². The van der Waals surface area contributed by atoms with E-state index in [9.17, 15) is 4.79 Å². The first-order valence-corrected chi connectivity index (χ1v) is 12.6. The number of fused-ring (bicyclic) bond motifs is 1. The Hall–Kier alpha value is -2.20. The van der Waals surface area contributed by atoms with Crippen LogP contribution in [0.3, 0.4) is 0 Å². The van der Waals surface area contributed by atoms with E-state index in [1.165, 1.54) is 49.7 Å². The highest BCUT2D eigenvalue weighted by atomic mass is 16.1. The Morgan fingerprint density at radius 2 is 1.78 bits per heavy atom. The Kier molecular flexibility index (Phi) is 5.09. The summed E-state index contributed by atoms with van der Waals surface area (Å²) in [5.41, 5.74) is 4.67. The SMILES string of the molecule is CC1=C(C(=O)NCC23CC4CC(CC(C4)C2)C3)C2CN(Cc3ccccc3)CC=C2C=N1. The maximum atomic E-state index is 13.5. The summed E-state index contributed by atoms with van der Waals surface area (Å²) >= 11 is 0. The molecule has 0 spiro atoms. The fourth-order valence-electron chi connectivity index (χ4n) is 7.87. The molecular weight excluding hydrogens is 394 g/mol. The van der Waals surface area contributed by atoms with E-state index >= 15 is 0 Å². The zero-order valence-corrected chi connectivity index (χ0v) is 19.2. The summed E-state index contributed by atoms with van der Waals surface area (Å²) in [6.45, 7) is 5.57. The topological polar surface area (TPSA) is 44.7 Å². The maximum absolute atomic E-state index is 13.5. The highest BCUT2D eigenvalue weighted by molar-refractivity contribution is 5.99. The van der Waals surface area contributed by atoms with E-state index in [-0.39, 0.29) is 11.8 Å². The number of nitrogens with zero attached hydrogens (tertiary/aromatic N) is 2. The molecule has 0 radical (unpaired) electrons. The zero-order valence-electron chi connectivity index (χ0n) is 19.2. The molecule has 1 N–H and O–H groups in total. The Morgan fingerprint density at radius 1 is 1.09 bits per heavy atom. The third-order valence-electron chi connectivity index (χ3n) is 8.86. The van der Waals surface area contributed by atoms with Crippen molar-refractivity contribution < 1.29 is 4.79 Å². The number of allylic oxidation sites excluding steroid dienone is 1. The van der Waals surface area contributed by atoms with Gasteiger partial charge in [0.2, 0.25) is 5.91 Å². The highest BCUT2D eigenvalue weighted by Gasteiger charge is 2.51. The molecule has 4 heteroatoms. The van der Waals surface area contributed by atoms with Crippen molar-refractivity contribution in [2.75, 3.05) is 19.6 Å². The summed E-state index contributed by atoms with van der Waals surface area (Å²) in [6.07, 6.45) is 12.6. The van der Waals surface area contributed by atoms with E-state index in [0.717, 1.165) is 55.2 Å². The minimum absolute atomic E-state index is 0.118. The summed E-state index contributed by atoms with van der Waals surface area (Å²) in [6, 6.07) is 10.6. The first-order valence-electron chi connectivity index (χ1n) is 12.6. The van der Waals surface area contributed by atoms with Crippen molar-refractivity contribution in [3.63, 3.8) is 0 Å². The molecule has 4 bridgehead atoms. The molecular formula is C28H35N3O. The summed E-state index contributed by atoms with van der Waals surface area (Å²) in [4.78, 5) is 20.6. The van der Waals surface area contributed by atoms with Gasteiger partial charge in [0.1, 0.15) is 0 Å². The van der Waals surface area contributed by atoms with Gasteiger partial charge in [-0.05, 0) is 79.8 Å². The van der Waals surface area contributed by atoms with Crippen molar-refractivity contribution in [1.29, 1.82) is 0 Å². The Labute approximate surface area is 191 Å². The third-order valence-corrected chi connectivity index (χ3v) is 8.86. The van der Waals surface area contributed by atoms with Crippen molar-refractivity contribution in [2.45, 2.75) is 52.0 Å². The fraction of sp³-hybridized carbons (Fsp3) is 0.571. The average Bonchev–Trinajstić information content (AvgIpc) is 2.77. The largest absolute Gasteiger partial charge is 0.352 e. The highest BCUT2D eigenvalue weighted by Crippen LogP contribution is 2.59. The van der Waals surface area contributed by atoms with E-state index < -0.39 is 0 Å². The van der Waals surface area contributed by atoms with Gasteiger partial charge in [0.15, 0.2) is 0 Å². The molecule has 4 nitrogen and oxygen atoms in total. The number of nitrogens with one attached hydrogen (secondary N) is 1. The van der Waals surface area contributed by atoms with E-state index in [1.54, 1.807) is 0 Å². The van der Waals surface area contributed by atoms with Gasteiger partial charge < -0.3 is 5.32 Å². The Bertz CT molecular complexity index is 954. The molecule has 1 aromatic carbocycles. The molecule has 0 saturated heterocycles. The van der Waals surface area contributed by atoms with Gasteiger partial charge in [0.05, 0.1) is 0 Å². The van der Waals surface area contributed by atoms with Crippen LogP contribution in [0.25, 0.3) is 0 Å². The number of hydrogen-bond donors (Lipinski definition) is 1. The van der Waals surface area contributed by atoms with Gasteiger partial charge in [-0.3, -0.25) is 14.7 Å². The van der Waals surface area contributed by atoms with Crippen molar-refractivity contribution in [3.8, 4) is 0 Å². The molecule has 4 fully saturated rings. The molecule has 2 aliphatic heterocycles. The van der Waals surface area contributed by atoms with Crippen LogP contribution in [0.2, 0.25) is 0 Å². The predicted octanol–water partition coefficient (Wildman–Crippen LogP) is 4.74. The van der Waals surface area contributed by atoms with Crippen LogP contribution < -0.4 is 5.32 Å². The molecule has 1 amide bonds. The minimum Gasteiger partial charge on any atom is -0.352 e. The molecule has 7 rings (SSSR count). The smallest absolute Gasteiger partial charge is 0.249 e. The second-order valence-corrected chi connectivity index (χ2v) is 11.3. The van der Waals surface area contributed by atoms with E-state index in [0.29, 0.717) is 5.41 Å². The monoisotopic (exact) mass is 429 g/mol. The number of aliphatic imine (C=N–C) groups is 1. The number of rotatable bonds is 5. The molecule has 6 aliphatic rings. The summed E-state index contributed by atoms with van der Waals surface area (Å²) < 4.78 is 0. The lowest BCUT2D eigenvalue weighted by Crippen LogP contribution is -2.51. The third kappa shape index (κ3) is 3.77. The quantitative estimate of drug-likeness (QED) is 0.735. The van der Waals surface area contributed by atoms with E-state index in [1.807, 2.05) is 13.1 Å². The maximum Gasteiger partial charge on any atom is 0.249 e. The number of benzene rings is 1. The molecule has 1 unspecified atom stereocenters. The van der Waals surface area contributed by atoms with Gasteiger partial charge >= 0.3 is 0 Å². The van der Waals surface area contributed by atoms with Crippen LogP contribution in [-0.4, -0.2) is 36.7 Å². The fourth-order valence-corrected chi connectivity index (χ4v) is 7.87. The van der Waals surface area contributed by atoms with Gasteiger partial charge in [-0.2, -0.15) is 0 Å². The number of carbonyl (C=O) groups excluding carboxylic acids is 1. The van der Waals surface area contributed by atoms with Crippen molar-refractivity contribution >= 4 is 12.1 Å². The first-order chi connectivity index (χ1) is 15.6. The number of carbonyl (C=O) groups is 1. The summed E-state index contributed by atoms with van der Waals surface area (Å²) in [7, 11) is 0. The Balaban J connectivity index is 1.16. The Morgan fingerprint density at radius 3 is 2.47 bits per heavy atom. The molecule has 1 atom stereocenters. The molecule has 168 valence electrons. The van der Waals surface area contributed by atoms with Crippen molar-refractivity contribution in [3.05, 3.63) is 58.8 Å².